The summed E-state index contributed by atoms with van der Waals surface area (Å²) in [6.45, 7) is 2.92. The highest BCUT2D eigenvalue weighted by atomic mass is 16.7. The van der Waals surface area contributed by atoms with E-state index in [1.165, 1.54) is 283 Å². The van der Waals surface area contributed by atoms with Crippen molar-refractivity contribution in [3.8, 4) is 0 Å². The van der Waals surface area contributed by atoms with Crippen LogP contribution in [0.25, 0.3) is 0 Å². The Hall–Kier alpha value is -1.53. The van der Waals surface area contributed by atoms with Gasteiger partial charge < -0.3 is 65.1 Å². The smallest absolute Gasteiger partial charge is 0.220 e. The van der Waals surface area contributed by atoms with Crippen molar-refractivity contribution in [1.82, 2.24) is 5.32 Å². The fourth-order valence-corrected chi connectivity index (χ4v) is 13.2. The van der Waals surface area contributed by atoms with E-state index in [-0.39, 0.29) is 12.5 Å². The molecule has 0 aromatic heterocycles. The number of hydrogen-bond donors (Lipinski definition) is 9. The zero-order valence-electron chi connectivity index (χ0n) is 58.9. The molecule has 2 aliphatic rings. The van der Waals surface area contributed by atoms with E-state index in [4.69, 9.17) is 18.9 Å². The first-order valence-electron chi connectivity index (χ1n) is 39.1. The number of hydrogen-bond acceptors (Lipinski definition) is 13. The zero-order chi connectivity index (χ0) is 65.9. The first-order chi connectivity index (χ1) is 44.6. The van der Waals surface area contributed by atoms with Crippen LogP contribution in [0.1, 0.15) is 367 Å². The Labute approximate surface area is 558 Å². The van der Waals surface area contributed by atoms with Crippen LogP contribution in [0.3, 0.4) is 0 Å². The fourth-order valence-electron chi connectivity index (χ4n) is 13.2. The monoisotopic (exact) mass is 1290 g/mol. The Morgan fingerprint density at radius 3 is 1.10 bits per heavy atom. The van der Waals surface area contributed by atoms with Gasteiger partial charge in [0.2, 0.25) is 5.91 Å². The second kappa shape index (κ2) is 62.0. The standard InChI is InChI=1S/C77H147NO13/c1-3-5-7-9-11-13-15-17-19-21-23-25-27-29-31-32-33-35-36-38-40-42-44-46-48-50-52-54-56-58-60-66(81)65(64-88-76-74(87)72(85)75(68(63-80)90-76)91-77-73(86)71(84)70(83)67(62-79)89-77)78-69(82)61-59-57-55-53-51-49-47-45-43-41-39-37-34-30-28-26-24-22-20-18-16-14-12-10-8-6-4-2/h16,18,22,24,65-68,70-77,79-81,83-87H,3-15,17,19-21,23,25-64H2,1-2H3,(H,78,82)/b18-16-,24-22-. The van der Waals surface area contributed by atoms with E-state index < -0.39 is 86.8 Å². The van der Waals surface area contributed by atoms with Crippen molar-refractivity contribution in [2.45, 2.75) is 441 Å². The first kappa shape index (κ1) is 85.6. The maximum atomic E-state index is 13.4. The third kappa shape index (κ3) is 45.6. The summed E-state index contributed by atoms with van der Waals surface area (Å²) >= 11 is 0. The molecule has 0 saturated carbocycles. The number of amides is 1. The summed E-state index contributed by atoms with van der Waals surface area (Å²) in [7, 11) is 0. The van der Waals surface area contributed by atoms with Gasteiger partial charge in [-0.3, -0.25) is 4.79 Å². The summed E-state index contributed by atoms with van der Waals surface area (Å²) in [5.41, 5.74) is 0. The lowest BCUT2D eigenvalue weighted by Crippen LogP contribution is -2.65. The third-order valence-electron chi connectivity index (χ3n) is 19.4. The number of aliphatic hydroxyl groups excluding tert-OH is 8. The van der Waals surface area contributed by atoms with Crippen molar-refractivity contribution >= 4 is 5.91 Å². The van der Waals surface area contributed by atoms with Crippen LogP contribution in [0.2, 0.25) is 0 Å². The fraction of sp³-hybridized carbons (Fsp3) is 0.935. The van der Waals surface area contributed by atoms with E-state index >= 15 is 0 Å². The Balaban J connectivity index is 1.62. The van der Waals surface area contributed by atoms with E-state index in [0.29, 0.717) is 12.8 Å². The predicted octanol–water partition coefficient (Wildman–Crippen LogP) is 17.1. The molecule has 2 saturated heterocycles. The van der Waals surface area contributed by atoms with Gasteiger partial charge in [-0.15, -0.1) is 0 Å². The summed E-state index contributed by atoms with van der Waals surface area (Å²) in [6, 6.07) is -0.829. The Kier molecular flexibility index (Phi) is 58.3. The van der Waals surface area contributed by atoms with Gasteiger partial charge in [-0.05, 0) is 44.9 Å². The van der Waals surface area contributed by atoms with Gasteiger partial charge >= 0.3 is 0 Å². The van der Waals surface area contributed by atoms with Crippen molar-refractivity contribution < 1.29 is 64.6 Å². The van der Waals surface area contributed by atoms with Crippen molar-refractivity contribution in [3.63, 3.8) is 0 Å². The van der Waals surface area contributed by atoms with Gasteiger partial charge in [0, 0.05) is 6.42 Å². The van der Waals surface area contributed by atoms with Crippen molar-refractivity contribution in [2.24, 2.45) is 0 Å². The zero-order valence-corrected chi connectivity index (χ0v) is 58.9. The van der Waals surface area contributed by atoms with E-state index in [2.05, 4.69) is 43.5 Å². The lowest BCUT2D eigenvalue weighted by Gasteiger charge is -2.46. The van der Waals surface area contributed by atoms with Gasteiger partial charge in [-0.2, -0.15) is 0 Å². The van der Waals surface area contributed by atoms with Crippen LogP contribution in [0, 0.1) is 0 Å². The number of nitrogens with one attached hydrogen (secondary N) is 1. The maximum Gasteiger partial charge on any atom is 0.220 e. The van der Waals surface area contributed by atoms with E-state index in [9.17, 15) is 45.6 Å². The SMILES string of the molecule is CCCCCCC/C=C\C/C=C\CCCCCCCCCCCCCCCCCC(=O)NC(COC1OC(CO)C(OC2OC(CO)C(O)C(O)C2O)C(O)C1O)C(O)CCCCCCCCCCCCCCCCCCCCCCCCCCCCCCCC. The van der Waals surface area contributed by atoms with Crippen LogP contribution in [0.4, 0.5) is 0 Å². The molecule has 2 aliphatic heterocycles. The molecule has 91 heavy (non-hydrogen) atoms. The molecule has 2 rings (SSSR count). The number of carbonyl (C=O) groups excluding carboxylic acids is 1. The highest BCUT2D eigenvalue weighted by molar-refractivity contribution is 5.76. The van der Waals surface area contributed by atoms with Gasteiger partial charge in [0.25, 0.3) is 0 Å². The van der Waals surface area contributed by atoms with Crippen LogP contribution >= 0.6 is 0 Å². The Morgan fingerprint density at radius 1 is 0.396 bits per heavy atom. The van der Waals surface area contributed by atoms with Crippen LogP contribution in [-0.4, -0.2) is 140 Å². The molecule has 0 aromatic rings. The molecule has 1 amide bonds. The first-order valence-corrected chi connectivity index (χ1v) is 39.1. The van der Waals surface area contributed by atoms with Gasteiger partial charge in [0.15, 0.2) is 12.6 Å². The second-order valence-corrected chi connectivity index (χ2v) is 27.8. The summed E-state index contributed by atoms with van der Waals surface area (Å²) in [5, 5.41) is 87.8. The lowest BCUT2D eigenvalue weighted by atomic mass is 9.97. The quantitative estimate of drug-likeness (QED) is 0.0204. The number of unbranched alkanes of at least 4 members (excludes halogenated alkanes) is 49. The molecule has 14 nitrogen and oxygen atoms in total. The average Bonchev–Trinajstić information content (AvgIpc) is 1.07. The van der Waals surface area contributed by atoms with Crippen LogP contribution < -0.4 is 5.32 Å². The van der Waals surface area contributed by atoms with Crippen LogP contribution in [0.5, 0.6) is 0 Å². The molecule has 2 fully saturated rings. The van der Waals surface area contributed by atoms with Gasteiger partial charge in [0.05, 0.1) is 32.0 Å². The molecule has 0 spiro atoms. The molecular weight excluding hydrogens is 1150 g/mol. The molecule has 538 valence electrons. The molecule has 2 heterocycles. The van der Waals surface area contributed by atoms with E-state index in [1.54, 1.807) is 0 Å². The minimum atomic E-state index is -1.78. The average molecular weight is 1300 g/mol. The predicted molar refractivity (Wildman–Crippen MR) is 374 cm³/mol. The van der Waals surface area contributed by atoms with Crippen LogP contribution in [-0.2, 0) is 23.7 Å². The molecule has 12 unspecified atom stereocenters. The van der Waals surface area contributed by atoms with Crippen molar-refractivity contribution in [3.05, 3.63) is 24.3 Å². The largest absolute Gasteiger partial charge is 0.394 e. The summed E-state index contributed by atoms with van der Waals surface area (Å²) in [5.74, 6) is -0.200. The molecule has 0 radical (unpaired) electrons. The molecule has 0 aromatic carbocycles. The summed E-state index contributed by atoms with van der Waals surface area (Å²) < 4.78 is 23.0. The van der Waals surface area contributed by atoms with Gasteiger partial charge in [-0.25, -0.2) is 0 Å². The summed E-state index contributed by atoms with van der Waals surface area (Å²) in [6.07, 6.45) is 62.1. The van der Waals surface area contributed by atoms with Gasteiger partial charge in [0.1, 0.15) is 48.8 Å². The van der Waals surface area contributed by atoms with Crippen molar-refractivity contribution in [1.29, 1.82) is 0 Å². The third-order valence-corrected chi connectivity index (χ3v) is 19.4. The molecule has 0 bridgehead atoms. The number of aliphatic hydroxyl groups is 8. The second-order valence-electron chi connectivity index (χ2n) is 27.8. The van der Waals surface area contributed by atoms with E-state index in [0.717, 1.165) is 57.8 Å². The molecular formula is C77H147NO13. The molecule has 0 aliphatic carbocycles. The number of carbonyl (C=O) groups is 1. The number of allylic oxidation sites excluding steroid dienone is 4. The highest BCUT2D eigenvalue weighted by Crippen LogP contribution is 2.30. The Bertz CT molecular complexity index is 1620. The highest BCUT2D eigenvalue weighted by Gasteiger charge is 2.51. The molecule has 12 atom stereocenters. The lowest BCUT2D eigenvalue weighted by molar-refractivity contribution is -0.359. The minimum Gasteiger partial charge on any atom is -0.394 e. The summed E-state index contributed by atoms with van der Waals surface area (Å²) in [4.78, 5) is 13.4. The molecule has 9 N–H and O–H groups in total. The maximum absolute atomic E-state index is 13.4. The van der Waals surface area contributed by atoms with Crippen molar-refractivity contribution in [2.75, 3.05) is 19.8 Å². The minimum absolute atomic E-state index is 0.200. The van der Waals surface area contributed by atoms with E-state index in [1.807, 2.05) is 0 Å². The van der Waals surface area contributed by atoms with Crippen LogP contribution in [0.15, 0.2) is 24.3 Å². The van der Waals surface area contributed by atoms with Gasteiger partial charge in [-0.1, -0.05) is 340 Å². The number of ether oxygens (including phenoxy) is 4. The number of rotatable bonds is 66. The molecule has 14 heteroatoms. The normalized spacial score (nSPS) is 22.8. The topological polar surface area (TPSA) is 228 Å². The Morgan fingerprint density at radius 2 is 0.725 bits per heavy atom.